The van der Waals surface area contributed by atoms with Crippen molar-refractivity contribution in [1.82, 2.24) is 10.2 Å². The van der Waals surface area contributed by atoms with E-state index in [1.54, 1.807) is 7.11 Å². The number of ether oxygens (including phenoxy) is 1. The van der Waals surface area contributed by atoms with Gasteiger partial charge in [-0.05, 0) is 6.92 Å². The van der Waals surface area contributed by atoms with Crippen molar-refractivity contribution >= 4 is 11.6 Å². The summed E-state index contributed by atoms with van der Waals surface area (Å²) in [6.07, 6.45) is 1.46. The lowest BCUT2D eigenvalue weighted by Crippen LogP contribution is -2.48. The van der Waals surface area contributed by atoms with Gasteiger partial charge in [0.05, 0.1) is 18.4 Å². The fraction of sp³-hybridized carbons (Fsp3) is 0.818. The van der Waals surface area contributed by atoms with E-state index in [2.05, 4.69) is 15.4 Å². The molecule has 1 unspecified atom stereocenters. The molecule has 0 aliphatic carbocycles. The van der Waals surface area contributed by atoms with Crippen LogP contribution in [-0.4, -0.2) is 61.1 Å². The molecule has 1 heterocycles. The van der Waals surface area contributed by atoms with Gasteiger partial charge in [-0.2, -0.15) is 0 Å². The number of nitrogens with zero attached hydrogens (tertiary/aromatic N) is 2. The fourth-order valence-corrected chi connectivity index (χ4v) is 1.86. The molecule has 0 aromatic carbocycles. The zero-order valence-electron chi connectivity index (χ0n) is 10.5. The number of hydrogen-bond donors (Lipinski definition) is 2. The Morgan fingerprint density at radius 1 is 1.59 bits per heavy atom. The second-order valence-electron chi connectivity index (χ2n) is 4.16. The van der Waals surface area contributed by atoms with Crippen molar-refractivity contribution in [2.75, 3.05) is 33.4 Å². The molecular formula is C11H21N3O3. The number of amides is 1. The highest BCUT2D eigenvalue weighted by atomic mass is 16.5. The van der Waals surface area contributed by atoms with Gasteiger partial charge in [-0.15, -0.1) is 0 Å². The van der Waals surface area contributed by atoms with Crippen molar-refractivity contribution in [3.8, 4) is 0 Å². The van der Waals surface area contributed by atoms with E-state index in [0.717, 1.165) is 31.6 Å². The van der Waals surface area contributed by atoms with Gasteiger partial charge in [0.1, 0.15) is 0 Å². The molecule has 0 spiro atoms. The maximum atomic E-state index is 11.8. The molecule has 1 atom stereocenters. The summed E-state index contributed by atoms with van der Waals surface area (Å²) in [6, 6.07) is -0.146. The van der Waals surface area contributed by atoms with Gasteiger partial charge in [-0.3, -0.25) is 9.69 Å². The molecule has 98 valence electrons. The monoisotopic (exact) mass is 243 g/mol. The Labute approximate surface area is 102 Å². The zero-order valence-corrected chi connectivity index (χ0v) is 10.5. The van der Waals surface area contributed by atoms with Crippen LogP contribution in [0.1, 0.15) is 19.8 Å². The summed E-state index contributed by atoms with van der Waals surface area (Å²) in [5, 5.41) is 14.7. The van der Waals surface area contributed by atoms with E-state index < -0.39 is 0 Å². The number of nitrogens with one attached hydrogen (secondary N) is 1. The average molecular weight is 243 g/mol. The van der Waals surface area contributed by atoms with Crippen LogP contribution >= 0.6 is 0 Å². The van der Waals surface area contributed by atoms with Gasteiger partial charge >= 0.3 is 0 Å². The average Bonchev–Trinajstić information content (AvgIpc) is 2.38. The number of piperidine rings is 1. The minimum absolute atomic E-state index is 0.0198. The molecule has 1 aliphatic heterocycles. The van der Waals surface area contributed by atoms with Crippen LogP contribution in [0.15, 0.2) is 5.16 Å². The molecule has 2 N–H and O–H groups in total. The van der Waals surface area contributed by atoms with Crippen molar-refractivity contribution in [3.05, 3.63) is 0 Å². The van der Waals surface area contributed by atoms with E-state index in [0.29, 0.717) is 13.2 Å². The Bertz CT molecular complexity index is 271. The van der Waals surface area contributed by atoms with Gasteiger partial charge in [-0.1, -0.05) is 5.16 Å². The first-order valence-corrected chi connectivity index (χ1v) is 5.89. The number of oxime groups is 1. The second kappa shape index (κ2) is 7.24. The van der Waals surface area contributed by atoms with Crippen LogP contribution in [0.3, 0.4) is 0 Å². The van der Waals surface area contributed by atoms with Gasteiger partial charge in [-0.25, -0.2) is 0 Å². The summed E-state index contributed by atoms with van der Waals surface area (Å²) in [7, 11) is 1.61. The zero-order chi connectivity index (χ0) is 12.7. The number of hydrogen-bond acceptors (Lipinski definition) is 5. The maximum absolute atomic E-state index is 11.8. The summed E-state index contributed by atoms with van der Waals surface area (Å²) in [4.78, 5) is 13.9. The van der Waals surface area contributed by atoms with E-state index >= 15 is 0 Å². The van der Waals surface area contributed by atoms with Crippen LogP contribution in [0.4, 0.5) is 0 Å². The molecular weight excluding hydrogens is 222 g/mol. The smallest absolute Gasteiger partial charge is 0.237 e. The van der Waals surface area contributed by atoms with Crippen molar-refractivity contribution < 1.29 is 14.7 Å². The quantitative estimate of drug-likeness (QED) is 0.407. The SMILES string of the molecule is COCCNC(=O)C(C)N1CCC(=NO)CC1. The second-order valence-corrected chi connectivity index (χ2v) is 4.16. The molecule has 6 nitrogen and oxygen atoms in total. The van der Waals surface area contributed by atoms with Gasteiger partial charge in [0, 0.05) is 39.6 Å². The molecule has 1 saturated heterocycles. The van der Waals surface area contributed by atoms with Gasteiger partial charge in [0.25, 0.3) is 0 Å². The molecule has 17 heavy (non-hydrogen) atoms. The number of carbonyl (C=O) groups is 1. The Kier molecular flexibility index (Phi) is 5.93. The highest BCUT2D eigenvalue weighted by Crippen LogP contribution is 2.10. The minimum atomic E-state index is -0.146. The van der Waals surface area contributed by atoms with Crippen LogP contribution in [0.2, 0.25) is 0 Å². The molecule has 0 saturated carbocycles. The summed E-state index contributed by atoms with van der Waals surface area (Å²) >= 11 is 0. The minimum Gasteiger partial charge on any atom is -0.411 e. The Hall–Kier alpha value is -1.14. The number of methoxy groups -OCH3 is 1. The lowest BCUT2D eigenvalue weighted by Gasteiger charge is -2.31. The summed E-state index contributed by atoms with van der Waals surface area (Å²) in [6.45, 7) is 4.48. The molecule has 0 radical (unpaired) electrons. The Morgan fingerprint density at radius 2 is 2.24 bits per heavy atom. The van der Waals surface area contributed by atoms with E-state index in [1.165, 1.54) is 0 Å². The predicted molar refractivity (Wildman–Crippen MR) is 64.4 cm³/mol. The lowest BCUT2D eigenvalue weighted by molar-refractivity contribution is -0.126. The van der Waals surface area contributed by atoms with Crippen LogP contribution in [0.25, 0.3) is 0 Å². The summed E-state index contributed by atoms with van der Waals surface area (Å²) in [5.41, 5.74) is 0.813. The van der Waals surface area contributed by atoms with E-state index in [9.17, 15) is 4.79 Å². The Morgan fingerprint density at radius 3 is 2.76 bits per heavy atom. The number of carbonyl (C=O) groups excluding carboxylic acids is 1. The highest BCUT2D eigenvalue weighted by molar-refractivity contribution is 5.85. The number of rotatable bonds is 5. The largest absolute Gasteiger partial charge is 0.411 e. The van der Waals surface area contributed by atoms with Crippen LogP contribution in [0, 0.1) is 0 Å². The molecule has 0 aromatic heterocycles. The Balaban J connectivity index is 2.32. The molecule has 0 bridgehead atoms. The molecule has 1 aliphatic rings. The van der Waals surface area contributed by atoms with E-state index in [4.69, 9.17) is 9.94 Å². The summed E-state index contributed by atoms with van der Waals surface area (Å²) < 4.78 is 4.87. The normalized spacial score (nSPS) is 18.8. The standard InChI is InChI=1S/C11H21N3O3/c1-9(11(15)12-5-8-17-2)14-6-3-10(13-16)4-7-14/h9,16H,3-8H2,1-2H3,(H,12,15). The van der Waals surface area contributed by atoms with Crippen LogP contribution in [0.5, 0.6) is 0 Å². The third kappa shape index (κ3) is 4.32. The molecule has 1 fully saturated rings. The predicted octanol–water partition coefficient (Wildman–Crippen LogP) is 0.0635. The first-order chi connectivity index (χ1) is 8.19. The van der Waals surface area contributed by atoms with Crippen molar-refractivity contribution in [2.24, 2.45) is 5.16 Å². The van der Waals surface area contributed by atoms with Crippen LogP contribution in [-0.2, 0) is 9.53 Å². The molecule has 6 heteroatoms. The number of likely N-dealkylation sites (tertiary alicyclic amines) is 1. The van der Waals surface area contributed by atoms with Gasteiger partial charge in [0.2, 0.25) is 5.91 Å². The summed E-state index contributed by atoms with van der Waals surface area (Å²) in [5.74, 6) is 0.0198. The first-order valence-electron chi connectivity index (χ1n) is 5.89. The van der Waals surface area contributed by atoms with E-state index in [-0.39, 0.29) is 11.9 Å². The maximum Gasteiger partial charge on any atom is 0.237 e. The van der Waals surface area contributed by atoms with E-state index in [1.807, 2.05) is 6.92 Å². The van der Waals surface area contributed by atoms with Crippen molar-refractivity contribution in [1.29, 1.82) is 0 Å². The van der Waals surface area contributed by atoms with Crippen molar-refractivity contribution in [3.63, 3.8) is 0 Å². The highest BCUT2D eigenvalue weighted by Gasteiger charge is 2.24. The van der Waals surface area contributed by atoms with Crippen molar-refractivity contribution in [2.45, 2.75) is 25.8 Å². The lowest BCUT2D eigenvalue weighted by atomic mass is 10.1. The third-order valence-corrected chi connectivity index (χ3v) is 3.05. The molecule has 1 rings (SSSR count). The van der Waals surface area contributed by atoms with Gasteiger partial charge < -0.3 is 15.3 Å². The third-order valence-electron chi connectivity index (χ3n) is 3.05. The first kappa shape index (κ1) is 13.9. The topological polar surface area (TPSA) is 74.2 Å². The molecule has 1 amide bonds. The fourth-order valence-electron chi connectivity index (χ4n) is 1.86. The van der Waals surface area contributed by atoms with Gasteiger partial charge in [0.15, 0.2) is 0 Å². The molecule has 0 aromatic rings. The van der Waals surface area contributed by atoms with Crippen LogP contribution < -0.4 is 5.32 Å².